The highest BCUT2D eigenvalue weighted by Crippen LogP contribution is 2.29. The van der Waals surface area contributed by atoms with Crippen LogP contribution < -0.4 is 5.32 Å². The van der Waals surface area contributed by atoms with Gasteiger partial charge in [-0.05, 0) is 18.2 Å². The molecule has 0 fully saturated rings. The summed E-state index contributed by atoms with van der Waals surface area (Å²) in [5, 5.41) is 11.2. The maximum absolute atomic E-state index is 12.6. The first-order valence-corrected chi connectivity index (χ1v) is 5.56. The van der Waals surface area contributed by atoms with Gasteiger partial charge in [0.2, 0.25) is 0 Å². The summed E-state index contributed by atoms with van der Waals surface area (Å²) in [6, 6.07) is 1.95. The molecule has 1 aromatic heterocycles. The maximum Gasteiger partial charge on any atom is 0.433 e. The zero-order chi connectivity index (χ0) is 15.2. The molecule has 1 heterocycles. The van der Waals surface area contributed by atoms with Crippen molar-refractivity contribution in [1.29, 1.82) is 0 Å². The number of nitrogens with zero attached hydrogens (tertiary/aromatic N) is 1. The zero-order valence-corrected chi connectivity index (χ0v) is 10.6. The Bertz CT molecular complexity index is 501. The number of hydrogen-bond donors (Lipinski definition) is 2. The molecule has 0 saturated carbocycles. The fraction of sp³-hybridized carbons (Fsp3) is 0.333. The molecule has 1 rings (SSSR count). The molecule has 0 spiro atoms. The quantitative estimate of drug-likeness (QED) is 0.621. The third-order valence-corrected chi connectivity index (χ3v) is 2.22. The summed E-state index contributed by atoms with van der Waals surface area (Å²) in [7, 11) is 1.45. The third kappa shape index (κ3) is 4.88. The molecule has 0 aromatic carbocycles. The lowest BCUT2D eigenvalue weighted by molar-refractivity contribution is -0.141. The molecular weight excluding hydrogens is 277 g/mol. The van der Waals surface area contributed by atoms with E-state index in [1.54, 1.807) is 0 Å². The normalized spacial score (nSPS) is 11.8. The lowest BCUT2D eigenvalue weighted by Crippen LogP contribution is -2.14. The molecule has 110 valence electrons. The Morgan fingerprint density at radius 3 is 2.75 bits per heavy atom. The lowest BCUT2D eigenvalue weighted by Gasteiger charge is -2.12. The first kappa shape index (κ1) is 16.0. The fourth-order valence-corrected chi connectivity index (χ4v) is 1.34. The fourth-order valence-electron chi connectivity index (χ4n) is 1.34. The van der Waals surface area contributed by atoms with Gasteiger partial charge in [-0.2, -0.15) is 13.2 Å². The van der Waals surface area contributed by atoms with Crippen LogP contribution in [0.5, 0.6) is 0 Å². The van der Waals surface area contributed by atoms with Crippen LogP contribution in [0.3, 0.4) is 0 Å². The van der Waals surface area contributed by atoms with Crippen molar-refractivity contribution in [1.82, 2.24) is 4.98 Å². The minimum Gasteiger partial charge on any atom is -0.478 e. The van der Waals surface area contributed by atoms with Crippen LogP contribution in [0.2, 0.25) is 0 Å². The van der Waals surface area contributed by atoms with Gasteiger partial charge in [0.1, 0.15) is 11.5 Å². The highest BCUT2D eigenvalue weighted by molar-refractivity contribution is 5.86. The Kier molecular flexibility index (Phi) is 5.51. The van der Waals surface area contributed by atoms with Gasteiger partial charge in [0.25, 0.3) is 0 Å². The number of anilines is 1. The molecular formula is C12H13F3N2O3. The highest BCUT2D eigenvalue weighted by Gasteiger charge is 2.32. The Labute approximate surface area is 113 Å². The number of aliphatic carboxylic acids is 1. The van der Waals surface area contributed by atoms with Crippen LogP contribution in [0.1, 0.15) is 11.3 Å². The van der Waals surface area contributed by atoms with Crippen LogP contribution in [0.25, 0.3) is 6.08 Å². The minimum atomic E-state index is -4.56. The van der Waals surface area contributed by atoms with Crippen molar-refractivity contribution in [2.75, 3.05) is 25.6 Å². The second kappa shape index (κ2) is 6.90. The van der Waals surface area contributed by atoms with E-state index >= 15 is 0 Å². The van der Waals surface area contributed by atoms with E-state index in [1.807, 2.05) is 0 Å². The number of ether oxygens (including phenoxy) is 1. The summed E-state index contributed by atoms with van der Waals surface area (Å²) in [5.41, 5.74) is -0.804. The first-order chi connectivity index (χ1) is 9.34. The van der Waals surface area contributed by atoms with E-state index in [0.29, 0.717) is 0 Å². The molecule has 0 bridgehead atoms. The predicted molar refractivity (Wildman–Crippen MR) is 66.3 cm³/mol. The third-order valence-electron chi connectivity index (χ3n) is 2.22. The Morgan fingerprint density at radius 1 is 1.50 bits per heavy atom. The Morgan fingerprint density at radius 2 is 2.20 bits per heavy atom. The number of halogens is 3. The first-order valence-electron chi connectivity index (χ1n) is 5.56. The second-order valence-electron chi connectivity index (χ2n) is 3.72. The predicted octanol–water partition coefficient (Wildman–Crippen LogP) is 2.26. The number of carbonyl (C=O) groups is 1. The molecule has 5 nitrogen and oxygen atoms in total. The smallest absolute Gasteiger partial charge is 0.433 e. The summed E-state index contributed by atoms with van der Waals surface area (Å²) < 4.78 is 42.5. The van der Waals surface area contributed by atoms with Crippen LogP contribution in [-0.4, -0.2) is 36.3 Å². The Balaban J connectivity index is 3.06. The van der Waals surface area contributed by atoms with Crippen molar-refractivity contribution in [3.8, 4) is 0 Å². The van der Waals surface area contributed by atoms with Crippen LogP contribution in [0.15, 0.2) is 18.2 Å². The van der Waals surface area contributed by atoms with E-state index < -0.39 is 17.8 Å². The largest absolute Gasteiger partial charge is 0.478 e. The van der Waals surface area contributed by atoms with Crippen molar-refractivity contribution in [2.45, 2.75) is 6.18 Å². The average molecular weight is 290 g/mol. The van der Waals surface area contributed by atoms with Gasteiger partial charge in [0.05, 0.1) is 6.61 Å². The van der Waals surface area contributed by atoms with Gasteiger partial charge in [0, 0.05) is 25.3 Å². The van der Waals surface area contributed by atoms with Gasteiger partial charge < -0.3 is 15.2 Å². The molecule has 20 heavy (non-hydrogen) atoms. The summed E-state index contributed by atoms with van der Waals surface area (Å²) in [6.07, 6.45) is -2.57. The molecule has 0 aliphatic heterocycles. The summed E-state index contributed by atoms with van der Waals surface area (Å²) in [6.45, 7) is 0.527. The van der Waals surface area contributed by atoms with Crippen molar-refractivity contribution in [2.24, 2.45) is 0 Å². The van der Waals surface area contributed by atoms with E-state index in [2.05, 4.69) is 10.3 Å². The number of nitrogens with one attached hydrogen (secondary N) is 1. The number of rotatable bonds is 6. The van der Waals surface area contributed by atoms with Gasteiger partial charge in [-0.15, -0.1) is 0 Å². The van der Waals surface area contributed by atoms with E-state index in [0.717, 1.165) is 18.2 Å². The minimum absolute atomic E-state index is 0.0469. The van der Waals surface area contributed by atoms with Gasteiger partial charge >= 0.3 is 12.1 Å². The number of hydrogen-bond acceptors (Lipinski definition) is 4. The molecule has 0 atom stereocenters. The molecule has 1 aromatic rings. The monoisotopic (exact) mass is 290 g/mol. The molecule has 0 unspecified atom stereocenters. The molecule has 0 saturated heterocycles. The van der Waals surface area contributed by atoms with Crippen LogP contribution in [0.4, 0.5) is 19.0 Å². The van der Waals surface area contributed by atoms with E-state index in [-0.39, 0.29) is 24.5 Å². The molecule has 0 aliphatic carbocycles. The van der Waals surface area contributed by atoms with Crippen LogP contribution in [-0.2, 0) is 15.7 Å². The van der Waals surface area contributed by atoms with Crippen molar-refractivity contribution in [3.05, 3.63) is 29.5 Å². The van der Waals surface area contributed by atoms with Gasteiger partial charge in [-0.1, -0.05) is 0 Å². The van der Waals surface area contributed by atoms with Crippen molar-refractivity contribution >= 4 is 17.9 Å². The summed E-state index contributed by atoms with van der Waals surface area (Å²) in [5.74, 6) is -1.25. The number of pyridine rings is 1. The molecule has 0 amide bonds. The van der Waals surface area contributed by atoms with Gasteiger partial charge in [0.15, 0.2) is 0 Å². The molecule has 0 radical (unpaired) electrons. The van der Waals surface area contributed by atoms with E-state index in [9.17, 15) is 18.0 Å². The van der Waals surface area contributed by atoms with E-state index in [4.69, 9.17) is 9.84 Å². The topological polar surface area (TPSA) is 71.5 Å². The van der Waals surface area contributed by atoms with Gasteiger partial charge in [-0.25, -0.2) is 9.78 Å². The number of aromatic nitrogens is 1. The summed E-state index contributed by atoms with van der Waals surface area (Å²) >= 11 is 0. The maximum atomic E-state index is 12.6. The van der Waals surface area contributed by atoms with Crippen LogP contribution >= 0.6 is 0 Å². The number of carboxylic acids is 1. The van der Waals surface area contributed by atoms with Gasteiger partial charge in [-0.3, -0.25) is 0 Å². The highest BCUT2D eigenvalue weighted by atomic mass is 19.4. The second-order valence-corrected chi connectivity index (χ2v) is 3.72. The number of carboxylic acid groups (broad SMARTS) is 1. The molecule has 8 heteroatoms. The Hall–Kier alpha value is -2.09. The average Bonchev–Trinajstić information content (AvgIpc) is 2.36. The standard InChI is InChI=1S/C12H13F3N2O3/c1-20-7-6-16-11-8(3-5-10(18)19)2-4-9(17-11)12(13,14)15/h2-5H,6-7H2,1H3,(H,16,17)(H,18,19). The number of methoxy groups -OCH3 is 1. The summed E-state index contributed by atoms with van der Waals surface area (Å²) in [4.78, 5) is 13.9. The zero-order valence-electron chi connectivity index (χ0n) is 10.6. The van der Waals surface area contributed by atoms with E-state index in [1.165, 1.54) is 13.2 Å². The SMILES string of the molecule is COCCNc1nc(C(F)(F)F)ccc1C=CC(=O)O. The van der Waals surface area contributed by atoms with Crippen molar-refractivity contribution in [3.63, 3.8) is 0 Å². The molecule has 2 N–H and O–H groups in total. The molecule has 0 aliphatic rings. The van der Waals surface area contributed by atoms with Crippen molar-refractivity contribution < 1.29 is 27.8 Å². The number of alkyl halides is 3. The van der Waals surface area contributed by atoms with Crippen LogP contribution in [0, 0.1) is 0 Å². The lowest BCUT2D eigenvalue weighted by atomic mass is 10.2.